The van der Waals surface area contributed by atoms with Gasteiger partial charge >= 0.3 is 0 Å². The van der Waals surface area contributed by atoms with E-state index in [2.05, 4.69) is 38.2 Å². The third-order valence-electron chi connectivity index (χ3n) is 6.99. The molecule has 1 aromatic carbocycles. The Bertz CT molecular complexity index is 1080. The molecule has 1 amide bonds. The standard InChI is InChI=1S/C23H24N8O/c1-13(15-5-3-14(11-24)4-6-15)31-22-19(18(12-25)30-31)23(32)29-21(28-22)17-8-7-16(17)20-26-9-2-10-27-20/h2-6,9-10,13,16-19,21-22,28,30H,7-8H2,1H3,(H,29,32). The van der Waals surface area contributed by atoms with Crippen molar-refractivity contribution in [2.75, 3.05) is 0 Å². The number of hydrogen-bond donors (Lipinski definition) is 3. The summed E-state index contributed by atoms with van der Waals surface area (Å²) in [7, 11) is 0. The number of carbonyl (C=O) groups excluding carboxylic acids is 1. The zero-order valence-corrected chi connectivity index (χ0v) is 17.6. The van der Waals surface area contributed by atoms with Gasteiger partial charge in [0.15, 0.2) is 0 Å². The van der Waals surface area contributed by atoms with Crippen molar-refractivity contribution < 1.29 is 4.79 Å². The van der Waals surface area contributed by atoms with E-state index in [9.17, 15) is 10.1 Å². The van der Waals surface area contributed by atoms with Crippen molar-refractivity contribution in [3.8, 4) is 12.1 Å². The molecule has 2 aromatic rings. The quantitative estimate of drug-likeness (QED) is 0.664. The Balaban J connectivity index is 1.38. The first-order valence-corrected chi connectivity index (χ1v) is 10.9. The number of hydrogen-bond acceptors (Lipinski definition) is 8. The Kier molecular flexibility index (Phi) is 5.32. The maximum atomic E-state index is 13.1. The Morgan fingerprint density at radius 1 is 1.16 bits per heavy atom. The predicted octanol–water partition coefficient (Wildman–Crippen LogP) is 1.30. The molecule has 2 saturated heterocycles. The van der Waals surface area contributed by atoms with E-state index in [1.165, 1.54) is 0 Å². The largest absolute Gasteiger partial charge is 0.340 e. The third kappa shape index (κ3) is 3.41. The van der Waals surface area contributed by atoms with Crippen molar-refractivity contribution >= 4 is 5.91 Å². The van der Waals surface area contributed by atoms with Crippen molar-refractivity contribution in [3.05, 3.63) is 59.7 Å². The first kappa shape index (κ1) is 20.5. The highest BCUT2D eigenvalue weighted by molar-refractivity contribution is 5.82. The molecule has 0 radical (unpaired) electrons. The summed E-state index contributed by atoms with van der Waals surface area (Å²) in [5.41, 5.74) is 4.83. The number of rotatable bonds is 4. The van der Waals surface area contributed by atoms with E-state index >= 15 is 0 Å². The fraction of sp³-hybridized carbons (Fsp3) is 0.435. The molecular formula is C23H24N8O. The zero-order chi connectivity index (χ0) is 22.2. The molecule has 1 aliphatic carbocycles. The van der Waals surface area contributed by atoms with Gasteiger partial charge in [-0.05, 0) is 43.5 Å². The highest BCUT2D eigenvalue weighted by atomic mass is 16.2. The summed E-state index contributed by atoms with van der Waals surface area (Å²) < 4.78 is 0. The van der Waals surface area contributed by atoms with Crippen molar-refractivity contribution in [1.82, 2.24) is 31.0 Å². The lowest BCUT2D eigenvalue weighted by atomic mass is 9.70. The number of carbonyl (C=O) groups is 1. The maximum Gasteiger partial charge on any atom is 0.230 e. The van der Waals surface area contributed by atoms with Gasteiger partial charge < -0.3 is 5.32 Å². The first-order valence-electron chi connectivity index (χ1n) is 10.9. The van der Waals surface area contributed by atoms with Crippen LogP contribution in [0.1, 0.15) is 48.7 Å². The van der Waals surface area contributed by atoms with Gasteiger partial charge in [0, 0.05) is 30.3 Å². The molecule has 3 heterocycles. The van der Waals surface area contributed by atoms with Crippen molar-refractivity contribution in [2.24, 2.45) is 11.8 Å². The zero-order valence-electron chi connectivity index (χ0n) is 17.6. The van der Waals surface area contributed by atoms with Gasteiger partial charge in [-0.15, -0.1) is 0 Å². The van der Waals surface area contributed by atoms with Crippen LogP contribution in [-0.2, 0) is 4.79 Å². The van der Waals surface area contributed by atoms with E-state index in [1.807, 2.05) is 24.1 Å². The molecule has 2 aliphatic heterocycles. The third-order valence-corrected chi connectivity index (χ3v) is 6.99. The predicted molar refractivity (Wildman–Crippen MR) is 114 cm³/mol. The second-order valence-corrected chi connectivity index (χ2v) is 8.63. The van der Waals surface area contributed by atoms with Crippen LogP contribution in [0.15, 0.2) is 42.7 Å². The Morgan fingerprint density at radius 3 is 2.53 bits per heavy atom. The molecule has 9 nitrogen and oxygen atoms in total. The van der Waals surface area contributed by atoms with Gasteiger partial charge in [0.05, 0.1) is 36.0 Å². The number of nitriles is 2. The van der Waals surface area contributed by atoms with E-state index in [4.69, 9.17) is 5.26 Å². The summed E-state index contributed by atoms with van der Waals surface area (Å²) in [6.45, 7) is 2.03. The second-order valence-electron chi connectivity index (χ2n) is 8.63. The smallest absolute Gasteiger partial charge is 0.230 e. The lowest BCUT2D eigenvalue weighted by Crippen LogP contribution is -2.68. The van der Waals surface area contributed by atoms with Crippen LogP contribution in [0.5, 0.6) is 0 Å². The SMILES string of the molecule is CC(c1ccc(C#N)cc1)N1NC(C#N)C2C(=O)NC(C3CCC3c3ncccn3)NC21. The second kappa shape index (κ2) is 8.29. The molecular weight excluding hydrogens is 404 g/mol. The van der Waals surface area contributed by atoms with E-state index in [0.29, 0.717) is 5.56 Å². The molecule has 0 bridgehead atoms. The lowest BCUT2D eigenvalue weighted by molar-refractivity contribution is -0.132. The topological polar surface area (TPSA) is 130 Å². The highest BCUT2D eigenvalue weighted by Gasteiger charge is 2.54. The number of benzene rings is 1. The van der Waals surface area contributed by atoms with Crippen LogP contribution >= 0.6 is 0 Å². The van der Waals surface area contributed by atoms with Crippen molar-refractivity contribution in [2.45, 2.75) is 50.1 Å². The van der Waals surface area contributed by atoms with Gasteiger partial charge in [-0.2, -0.15) is 10.5 Å². The van der Waals surface area contributed by atoms with Crippen LogP contribution in [-0.4, -0.2) is 39.3 Å². The molecule has 7 unspecified atom stereocenters. The van der Waals surface area contributed by atoms with Crippen LogP contribution in [0.25, 0.3) is 0 Å². The lowest BCUT2D eigenvalue weighted by Gasteiger charge is -2.47. The number of nitrogens with one attached hydrogen (secondary N) is 3. The summed E-state index contributed by atoms with van der Waals surface area (Å²) in [5, 5.41) is 27.4. The molecule has 162 valence electrons. The van der Waals surface area contributed by atoms with Gasteiger partial charge in [0.25, 0.3) is 0 Å². The molecule has 3 fully saturated rings. The number of aromatic nitrogens is 2. The average Bonchev–Trinajstić information content (AvgIpc) is 3.18. The number of hydrazine groups is 1. The average molecular weight is 429 g/mol. The molecule has 7 atom stereocenters. The number of nitrogens with zero attached hydrogens (tertiary/aromatic N) is 5. The van der Waals surface area contributed by atoms with Crippen LogP contribution in [0, 0.1) is 34.5 Å². The van der Waals surface area contributed by atoms with Crippen molar-refractivity contribution in [1.29, 1.82) is 10.5 Å². The molecule has 5 rings (SSSR count). The van der Waals surface area contributed by atoms with Gasteiger partial charge in [-0.25, -0.2) is 20.4 Å². The van der Waals surface area contributed by atoms with E-state index in [-0.39, 0.29) is 36.1 Å². The fourth-order valence-corrected chi connectivity index (χ4v) is 5.07. The minimum absolute atomic E-state index is 0.109. The van der Waals surface area contributed by atoms with Gasteiger partial charge in [-0.1, -0.05) is 12.1 Å². The van der Waals surface area contributed by atoms with E-state index in [0.717, 1.165) is 24.2 Å². The van der Waals surface area contributed by atoms with Gasteiger partial charge in [0.1, 0.15) is 11.9 Å². The molecule has 3 aliphatic rings. The Labute approximate surface area is 186 Å². The molecule has 32 heavy (non-hydrogen) atoms. The molecule has 0 spiro atoms. The Hall–Kier alpha value is -3.37. The summed E-state index contributed by atoms with van der Waals surface area (Å²) >= 11 is 0. The fourth-order valence-electron chi connectivity index (χ4n) is 5.07. The molecule has 1 saturated carbocycles. The van der Waals surface area contributed by atoms with E-state index in [1.54, 1.807) is 30.6 Å². The van der Waals surface area contributed by atoms with Gasteiger partial charge in [0.2, 0.25) is 5.91 Å². The van der Waals surface area contributed by atoms with Gasteiger partial charge in [-0.3, -0.25) is 10.1 Å². The highest BCUT2D eigenvalue weighted by Crippen LogP contribution is 2.44. The Morgan fingerprint density at radius 2 is 1.91 bits per heavy atom. The number of fused-ring (bicyclic) bond motifs is 1. The van der Waals surface area contributed by atoms with E-state index < -0.39 is 12.0 Å². The van der Waals surface area contributed by atoms with Crippen LogP contribution < -0.4 is 16.1 Å². The molecule has 9 heteroatoms. The summed E-state index contributed by atoms with van der Waals surface area (Å²) in [4.78, 5) is 21.9. The minimum atomic E-state index is -0.621. The molecule has 1 aromatic heterocycles. The number of amides is 1. The summed E-state index contributed by atoms with van der Waals surface area (Å²) in [6.07, 6.45) is 4.91. The first-order chi connectivity index (χ1) is 15.6. The minimum Gasteiger partial charge on any atom is -0.340 e. The monoisotopic (exact) mass is 428 g/mol. The van der Waals surface area contributed by atoms with Crippen LogP contribution in [0.3, 0.4) is 0 Å². The summed E-state index contributed by atoms with van der Waals surface area (Å²) in [5.74, 6) is 0.547. The maximum absolute atomic E-state index is 13.1. The summed E-state index contributed by atoms with van der Waals surface area (Å²) in [6, 6.07) is 12.8. The normalized spacial score (nSPS) is 32.7. The molecule has 3 N–H and O–H groups in total. The van der Waals surface area contributed by atoms with Crippen LogP contribution in [0.2, 0.25) is 0 Å². The van der Waals surface area contributed by atoms with Crippen LogP contribution in [0.4, 0.5) is 0 Å². The van der Waals surface area contributed by atoms with Crippen molar-refractivity contribution in [3.63, 3.8) is 0 Å².